The van der Waals surface area contributed by atoms with Crippen LogP contribution < -0.4 is 9.64 Å². The van der Waals surface area contributed by atoms with E-state index in [2.05, 4.69) is 7.05 Å². The van der Waals surface area contributed by atoms with Crippen LogP contribution in [0.25, 0.3) is 6.08 Å². The highest BCUT2D eigenvalue weighted by Crippen LogP contribution is 2.33. The van der Waals surface area contributed by atoms with Crippen LogP contribution in [-0.4, -0.2) is 72.8 Å². The molecule has 1 aromatic rings. The second-order valence-electron chi connectivity index (χ2n) is 6.69. The topological polar surface area (TPSA) is 54.3 Å². The van der Waals surface area contributed by atoms with E-state index in [1.54, 1.807) is 7.11 Å². The van der Waals surface area contributed by atoms with Gasteiger partial charge in [0, 0.05) is 13.0 Å². The van der Waals surface area contributed by atoms with Gasteiger partial charge in [-0.15, -0.1) is 0 Å². The molecular formula is C19H24N3O3S2+. The molecule has 27 heavy (non-hydrogen) atoms. The molecule has 2 saturated heterocycles. The first-order chi connectivity index (χ1) is 13.0. The minimum atomic E-state index is -0.115. The number of hydrogen-bond acceptors (Lipinski definition) is 5. The molecule has 0 atom stereocenters. The number of ether oxygens (including phenoxy) is 1. The molecule has 2 aliphatic heterocycles. The van der Waals surface area contributed by atoms with Gasteiger partial charge < -0.3 is 14.5 Å². The van der Waals surface area contributed by atoms with Gasteiger partial charge in [-0.25, -0.2) is 0 Å². The highest BCUT2D eigenvalue weighted by Gasteiger charge is 2.32. The van der Waals surface area contributed by atoms with Crippen molar-refractivity contribution in [1.29, 1.82) is 0 Å². The number of hydrogen-bond donors (Lipinski definition) is 1. The summed E-state index contributed by atoms with van der Waals surface area (Å²) in [4.78, 5) is 30.8. The summed E-state index contributed by atoms with van der Waals surface area (Å²) in [6.45, 7) is 3.83. The minimum Gasteiger partial charge on any atom is -0.497 e. The Morgan fingerprint density at radius 1 is 1.30 bits per heavy atom. The van der Waals surface area contributed by atoms with Gasteiger partial charge in [0.1, 0.15) is 10.7 Å². The zero-order chi connectivity index (χ0) is 19.4. The molecule has 0 saturated carbocycles. The highest BCUT2D eigenvalue weighted by molar-refractivity contribution is 8.19. The third kappa shape index (κ3) is 4.88. The summed E-state index contributed by atoms with van der Waals surface area (Å²) in [6, 6.07) is 7.57. The summed E-state index contributed by atoms with van der Waals surface area (Å²) >= 11 is 6.60. The molecule has 0 radical (unpaired) electrons. The van der Waals surface area contributed by atoms with Crippen molar-refractivity contribution in [2.24, 2.45) is 0 Å². The number of quaternary nitrogens is 1. The number of thioether (sulfide) groups is 1. The Balaban J connectivity index is 1.58. The lowest BCUT2D eigenvalue weighted by atomic mass is 10.2. The molecule has 0 unspecified atom stereocenters. The molecule has 2 amide bonds. The number of benzene rings is 1. The van der Waals surface area contributed by atoms with Crippen LogP contribution >= 0.6 is 24.0 Å². The lowest BCUT2D eigenvalue weighted by Crippen LogP contribution is -3.12. The predicted molar refractivity (Wildman–Crippen MR) is 111 cm³/mol. The van der Waals surface area contributed by atoms with Gasteiger partial charge in [0.05, 0.1) is 45.2 Å². The van der Waals surface area contributed by atoms with E-state index in [1.165, 1.54) is 9.80 Å². The molecule has 6 nitrogen and oxygen atoms in total. The van der Waals surface area contributed by atoms with Gasteiger partial charge in [-0.1, -0.05) is 24.4 Å². The SMILES string of the molecule is COc1ccc(C=C2SC(=O)N(CCC(=O)N3CC[NH+](C)CC3)C2=S)cc1. The largest absolute Gasteiger partial charge is 0.497 e. The fourth-order valence-corrected chi connectivity index (χ4v) is 4.34. The molecule has 2 aliphatic rings. The number of carbonyl (C=O) groups is 2. The summed E-state index contributed by atoms with van der Waals surface area (Å²) in [5, 5.41) is -0.115. The summed E-state index contributed by atoms with van der Waals surface area (Å²) < 4.78 is 5.15. The monoisotopic (exact) mass is 406 g/mol. The van der Waals surface area contributed by atoms with Gasteiger partial charge >= 0.3 is 0 Å². The van der Waals surface area contributed by atoms with Gasteiger partial charge in [0.15, 0.2) is 0 Å². The molecule has 8 heteroatoms. The zero-order valence-electron chi connectivity index (χ0n) is 15.6. The van der Waals surface area contributed by atoms with E-state index >= 15 is 0 Å². The Morgan fingerprint density at radius 3 is 2.59 bits per heavy atom. The molecule has 0 aliphatic carbocycles. The van der Waals surface area contributed by atoms with Gasteiger partial charge in [0.2, 0.25) is 5.91 Å². The first-order valence-corrected chi connectivity index (χ1v) is 10.2. The lowest BCUT2D eigenvalue weighted by Gasteiger charge is -2.30. The van der Waals surface area contributed by atoms with E-state index in [9.17, 15) is 9.59 Å². The van der Waals surface area contributed by atoms with Crippen molar-refractivity contribution < 1.29 is 19.2 Å². The standard InChI is InChI=1S/C19H23N3O3S2/c1-20-9-11-21(12-10-20)17(23)7-8-22-18(26)16(27-19(22)24)13-14-3-5-15(25-2)6-4-14/h3-6,13H,7-12H2,1-2H3/p+1. The third-order valence-electron chi connectivity index (χ3n) is 4.81. The fourth-order valence-electron chi connectivity index (χ4n) is 3.05. The van der Waals surface area contributed by atoms with Gasteiger partial charge in [-0.05, 0) is 35.5 Å². The van der Waals surface area contributed by atoms with Crippen molar-refractivity contribution >= 4 is 46.2 Å². The molecule has 144 valence electrons. The number of methoxy groups -OCH3 is 1. The van der Waals surface area contributed by atoms with Crippen molar-refractivity contribution in [3.8, 4) is 5.75 Å². The average molecular weight is 407 g/mol. The van der Waals surface area contributed by atoms with E-state index in [1.807, 2.05) is 35.2 Å². The Hall–Kier alpha value is -1.90. The van der Waals surface area contributed by atoms with Crippen LogP contribution in [0.3, 0.4) is 0 Å². The van der Waals surface area contributed by atoms with E-state index in [-0.39, 0.29) is 11.1 Å². The number of piperazine rings is 1. The van der Waals surface area contributed by atoms with Crippen molar-refractivity contribution in [3.05, 3.63) is 34.7 Å². The van der Waals surface area contributed by atoms with Crippen molar-refractivity contribution in [2.75, 3.05) is 46.9 Å². The predicted octanol–water partition coefficient (Wildman–Crippen LogP) is 1.28. The Morgan fingerprint density at radius 2 is 1.96 bits per heavy atom. The van der Waals surface area contributed by atoms with Crippen molar-refractivity contribution in [2.45, 2.75) is 6.42 Å². The van der Waals surface area contributed by atoms with E-state index in [0.717, 1.165) is 54.2 Å². The smallest absolute Gasteiger partial charge is 0.291 e. The normalized spacial score (nSPS) is 19.9. The van der Waals surface area contributed by atoms with E-state index in [0.29, 0.717) is 18.0 Å². The second kappa shape index (κ2) is 8.86. The van der Waals surface area contributed by atoms with Crippen LogP contribution in [0.15, 0.2) is 29.2 Å². The number of amides is 2. The van der Waals surface area contributed by atoms with E-state index < -0.39 is 0 Å². The van der Waals surface area contributed by atoms with E-state index in [4.69, 9.17) is 17.0 Å². The number of thiocarbonyl (C=S) groups is 1. The molecule has 1 N–H and O–H groups in total. The Bertz CT molecular complexity index is 756. The van der Waals surface area contributed by atoms with Crippen LogP contribution in [0, 0.1) is 0 Å². The molecule has 0 bridgehead atoms. The first kappa shape index (κ1) is 19.9. The summed E-state index contributed by atoms with van der Waals surface area (Å²) in [6.07, 6.45) is 2.21. The minimum absolute atomic E-state index is 0.0932. The fraction of sp³-hybridized carbons (Fsp3) is 0.421. The van der Waals surface area contributed by atoms with Gasteiger partial charge in [-0.3, -0.25) is 14.5 Å². The maximum absolute atomic E-state index is 12.4. The summed E-state index contributed by atoms with van der Waals surface area (Å²) in [5.74, 6) is 0.871. The molecule has 2 heterocycles. The second-order valence-corrected chi connectivity index (χ2v) is 8.07. The van der Waals surface area contributed by atoms with Crippen LogP contribution in [0.5, 0.6) is 5.75 Å². The third-order valence-corrected chi connectivity index (χ3v) is 6.30. The Labute approximate surface area is 169 Å². The average Bonchev–Trinajstić information content (AvgIpc) is 2.94. The summed E-state index contributed by atoms with van der Waals surface area (Å²) in [7, 11) is 3.76. The number of rotatable bonds is 5. The highest BCUT2D eigenvalue weighted by atomic mass is 32.2. The Kier molecular flexibility index (Phi) is 6.51. The molecule has 0 spiro atoms. The molecule has 3 rings (SSSR count). The molecule has 0 aromatic heterocycles. The van der Waals surface area contributed by atoms with Crippen LogP contribution in [-0.2, 0) is 4.79 Å². The molecule has 1 aromatic carbocycles. The van der Waals surface area contributed by atoms with Crippen molar-refractivity contribution in [1.82, 2.24) is 9.80 Å². The first-order valence-electron chi connectivity index (χ1n) is 8.96. The number of carbonyl (C=O) groups excluding carboxylic acids is 2. The van der Waals surface area contributed by atoms with Crippen LogP contribution in [0.2, 0.25) is 0 Å². The quantitative estimate of drug-likeness (QED) is 0.590. The van der Waals surface area contributed by atoms with Crippen LogP contribution in [0.1, 0.15) is 12.0 Å². The zero-order valence-corrected chi connectivity index (χ0v) is 17.2. The maximum atomic E-state index is 12.4. The van der Waals surface area contributed by atoms with Gasteiger partial charge in [-0.2, -0.15) is 0 Å². The number of nitrogens with one attached hydrogen (secondary N) is 1. The lowest BCUT2D eigenvalue weighted by molar-refractivity contribution is -0.883. The molecular weight excluding hydrogens is 382 g/mol. The summed E-state index contributed by atoms with van der Waals surface area (Å²) in [5.41, 5.74) is 0.950. The van der Waals surface area contributed by atoms with Crippen molar-refractivity contribution in [3.63, 3.8) is 0 Å². The molecule has 2 fully saturated rings. The number of nitrogens with zero attached hydrogens (tertiary/aromatic N) is 2. The van der Waals surface area contributed by atoms with Crippen LogP contribution in [0.4, 0.5) is 4.79 Å². The van der Waals surface area contributed by atoms with Gasteiger partial charge in [0.25, 0.3) is 5.24 Å². The maximum Gasteiger partial charge on any atom is 0.291 e. The number of likely N-dealkylation sites (N-methyl/N-ethyl adjacent to an activating group) is 1.